The predicted molar refractivity (Wildman–Crippen MR) is 169 cm³/mol. The Labute approximate surface area is 262 Å². The van der Waals surface area contributed by atoms with E-state index in [1.54, 1.807) is 20.1 Å². The number of benzene rings is 1. The summed E-state index contributed by atoms with van der Waals surface area (Å²) in [6, 6.07) is 12.7. The van der Waals surface area contributed by atoms with Crippen LogP contribution in [-0.4, -0.2) is 56.9 Å². The molecular formula is C33H41N7O5. The van der Waals surface area contributed by atoms with E-state index in [0.29, 0.717) is 30.9 Å². The summed E-state index contributed by atoms with van der Waals surface area (Å²) < 4.78 is 19.0. The fourth-order valence-corrected chi connectivity index (χ4v) is 5.51. The molecule has 0 saturated heterocycles. The Morgan fingerprint density at radius 1 is 1.00 bits per heavy atom. The number of hydrogen-bond acceptors (Lipinski definition) is 9. The van der Waals surface area contributed by atoms with Gasteiger partial charge in [0.25, 0.3) is 0 Å². The largest absolute Gasteiger partial charge is 0.484 e. The van der Waals surface area contributed by atoms with E-state index in [0.717, 1.165) is 22.6 Å². The minimum absolute atomic E-state index is 0.0957. The highest BCUT2D eigenvalue weighted by Crippen LogP contribution is 2.39. The van der Waals surface area contributed by atoms with Gasteiger partial charge in [-0.3, -0.25) is 9.72 Å². The van der Waals surface area contributed by atoms with Crippen LogP contribution in [-0.2, 0) is 20.3 Å². The van der Waals surface area contributed by atoms with Gasteiger partial charge in [0, 0.05) is 24.0 Å². The van der Waals surface area contributed by atoms with E-state index in [2.05, 4.69) is 44.6 Å². The molecule has 1 aliphatic carbocycles. The van der Waals surface area contributed by atoms with Crippen molar-refractivity contribution in [2.45, 2.75) is 77.4 Å². The Hall–Kier alpha value is -4.58. The zero-order valence-corrected chi connectivity index (χ0v) is 26.9. The van der Waals surface area contributed by atoms with Crippen LogP contribution in [0.15, 0.2) is 48.7 Å². The highest BCUT2D eigenvalue weighted by atomic mass is 16.5. The molecule has 0 bridgehead atoms. The quantitative estimate of drug-likeness (QED) is 0.227. The molecule has 2 N–H and O–H groups in total. The number of fused-ring (bicyclic) bond motifs is 2. The van der Waals surface area contributed by atoms with Crippen LogP contribution in [0.4, 0.5) is 10.6 Å². The zero-order valence-electron chi connectivity index (χ0n) is 26.9. The molecule has 12 heteroatoms. The molecule has 3 heterocycles. The first-order valence-electron chi connectivity index (χ1n) is 15.1. The summed E-state index contributed by atoms with van der Waals surface area (Å²) in [4.78, 5) is 34.3. The molecule has 4 aromatic rings. The second-order valence-corrected chi connectivity index (χ2v) is 12.8. The molecule has 0 spiro atoms. The van der Waals surface area contributed by atoms with E-state index in [4.69, 9.17) is 14.2 Å². The van der Waals surface area contributed by atoms with Crippen molar-refractivity contribution >= 4 is 23.5 Å². The van der Waals surface area contributed by atoms with Gasteiger partial charge in [0.05, 0.1) is 31.1 Å². The van der Waals surface area contributed by atoms with Crippen LogP contribution in [0, 0.1) is 0 Å². The Bertz CT molecular complexity index is 1690. The number of hydrogen-bond donors (Lipinski definition) is 2. The number of rotatable bonds is 9. The van der Waals surface area contributed by atoms with Gasteiger partial charge in [0.15, 0.2) is 5.65 Å². The third-order valence-electron chi connectivity index (χ3n) is 7.70. The van der Waals surface area contributed by atoms with Gasteiger partial charge >= 0.3 is 12.0 Å². The zero-order chi connectivity index (χ0) is 32.4. The molecule has 1 aliphatic rings. The van der Waals surface area contributed by atoms with Crippen molar-refractivity contribution in [2.24, 2.45) is 0 Å². The maximum Gasteiger partial charge on any atom is 0.376 e. The minimum Gasteiger partial charge on any atom is -0.484 e. The molecule has 1 aromatic carbocycles. The maximum atomic E-state index is 13.2. The number of anilines is 1. The second-order valence-electron chi connectivity index (χ2n) is 12.8. The topological polar surface area (TPSA) is 142 Å². The summed E-state index contributed by atoms with van der Waals surface area (Å²) >= 11 is 0. The van der Waals surface area contributed by atoms with Gasteiger partial charge in [-0.05, 0) is 43.0 Å². The normalized spacial score (nSPS) is 16.6. The van der Waals surface area contributed by atoms with E-state index in [1.807, 2.05) is 67.8 Å². The molecular weight excluding hydrogens is 574 g/mol. The number of carbonyl (C=O) groups is 2. The Balaban J connectivity index is 1.33. The number of pyridine rings is 1. The first-order valence-corrected chi connectivity index (χ1v) is 15.1. The standard InChI is InChI=1S/C33H41N7O5/c1-8-44-29(41)28-35-25(32(2,3)4)17-26(36-28)37-31(42)34-23-14-15-24(22-12-10-9-11-21(22)23)45-20-13-16-27-38-39-30(40(27)18-20)33(5,6)19-43-7/h9-13,16-18,23-24H,8,14-15,19H2,1-7H3,(H2,34,35,36,37,42)/t23-,24+/m0/s1. The first kappa shape index (κ1) is 31.8. The average molecular weight is 616 g/mol. The summed E-state index contributed by atoms with van der Waals surface area (Å²) in [5.41, 5.74) is 2.59. The number of nitrogens with zero attached hydrogens (tertiary/aromatic N) is 5. The van der Waals surface area contributed by atoms with Gasteiger partial charge in [0.1, 0.15) is 23.5 Å². The number of urea groups is 1. The van der Waals surface area contributed by atoms with Gasteiger partial charge in [-0.15, -0.1) is 10.2 Å². The first-order chi connectivity index (χ1) is 21.4. The molecule has 0 saturated carbocycles. The SMILES string of the molecule is CCOC(=O)c1nc(NC(=O)N[C@H]2CC[C@@H](Oc3ccc4nnc(C(C)(C)COC)n4c3)c3ccccc32)cc(C(C)(C)C)n1. The third-order valence-corrected chi connectivity index (χ3v) is 7.70. The lowest BCUT2D eigenvalue weighted by molar-refractivity contribution is 0.0511. The molecule has 0 aliphatic heterocycles. The van der Waals surface area contributed by atoms with Crippen LogP contribution in [0.2, 0.25) is 0 Å². The van der Waals surface area contributed by atoms with Crippen LogP contribution in [0.1, 0.15) is 99.8 Å². The van der Waals surface area contributed by atoms with Crippen molar-refractivity contribution in [2.75, 3.05) is 25.6 Å². The third kappa shape index (κ3) is 7.06. The molecule has 0 unspecified atom stereocenters. The van der Waals surface area contributed by atoms with Crippen molar-refractivity contribution in [3.8, 4) is 5.75 Å². The Morgan fingerprint density at radius 3 is 2.47 bits per heavy atom. The van der Waals surface area contributed by atoms with Gasteiger partial charge < -0.3 is 19.5 Å². The molecule has 5 rings (SSSR count). The predicted octanol–water partition coefficient (Wildman–Crippen LogP) is 5.69. The van der Waals surface area contributed by atoms with Gasteiger partial charge in [0.2, 0.25) is 5.82 Å². The lowest BCUT2D eigenvalue weighted by Crippen LogP contribution is -2.36. The molecule has 0 radical (unpaired) electrons. The monoisotopic (exact) mass is 615 g/mol. The van der Waals surface area contributed by atoms with E-state index in [-0.39, 0.29) is 41.2 Å². The van der Waals surface area contributed by atoms with Crippen LogP contribution in [0.5, 0.6) is 5.75 Å². The van der Waals surface area contributed by atoms with E-state index < -0.39 is 12.0 Å². The van der Waals surface area contributed by atoms with E-state index in [1.165, 1.54) is 0 Å². The van der Waals surface area contributed by atoms with Crippen LogP contribution in [0.25, 0.3) is 5.65 Å². The molecule has 2 atom stereocenters. The molecule has 3 aromatic heterocycles. The molecule has 45 heavy (non-hydrogen) atoms. The summed E-state index contributed by atoms with van der Waals surface area (Å²) in [5, 5.41) is 14.6. The van der Waals surface area contributed by atoms with Crippen molar-refractivity contribution < 1.29 is 23.8 Å². The number of carbonyl (C=O) groups excluding carboxylic acids is 2. The summed E-state index contributed by atoms with van der Waals surface area (Å²) in [6.07, 6.45) is 3.04. The lowest BCUT2D eigenvalue weighted by atomic mass is 9.85. The van der Waals surface area contributed by atoms with Crippen molar-refractivity contribution in [3.63, 3.8) is 0 Å². The number of aromatic nitrogens is 5. The van der Waals surface area contributed by atoms with Gasteiger partial charge in [-0.1, -0.05) is 58.9 Å². The fraction of sp³-hybridized carbons (Fsp3) is 0.455. The number of amides is 2. The summed E-state index contributed by atoms with van der Waals surface area (Å²) in [6.45, 7) is 12.4. The highest BCUT2D eigenvalue weighted by molar-refractivity contribution is 5.90. The van der Waals surface area contributed by atoms with Crippen molar-refractivity contribution in [1.82, 2.24) is 29.9 Å². The van der Waals surface area contributed by atoms with Crippen LogP contribution < -0.4 is 15.4 Å². The number of methoxy groups -OCH3 is 1. The summed E-state index contributed by atoms with van der Waals surface area (Å²) in [7, 11) is 1.67. The fourth-order valence-electron chi connectivity index (χ4n) is 5.51. The van der Waals surface area contributed by atoms with Gasteiger partial charge in [-0.25, -0.2) is 19.6 Å². The highest BCUT2D eigenvalue weighted by Gasteiger charge is 2.31. The maximum absolute atomic E-state index is 13.2. The average Bonchev–Trinajstić information content (AvgIpc) is 3.42. The number of esters is 1. The molecule has 2 amide bonds. The second kappa shape index (κ2) is 12.8. The summed E-state index contributed by atoms with van der Waals surface area (Å²) in [5.74, 6) is 0.964. The van der Waals surface area contributed by atoms with Crippen molar-refractivity contribution in [3.05, 3.63) is 77.1 Å². The molecule has 12 nitrogen and oxygen atoms in total. The van der Waals surface area contributed by atoms with Crippen LogP contribution >= 0.6 is 0 Å². The molecule has 0 fully saturated rings. The van der Waals surface area contributed by atoms with Crippen LogP contribution in [0.3, 0.4) is 0 Å². The Morgan fingerprint density at radius 2 is 1.76 bits per heavy atom. The van der Waals surface area contributed by atoms with Gasteiger partial charge in [-0.2, -0.15) is 0 Å². The number of ether oxygens (including phenoxy) is 3. The van der Waals surface area contributed by atoms with Crippen molar-refractivity contribution in [1.29, 1.82) is 0 Å². The number of nitrogens with one attached hydrogen (secondary N) is 2. The lowest BCUT2D eigenvalue weighted by Gasteiger charge is -2.32. The van der Waals surface area contributed by atoms with E-state index >= 15 is 0 Å². The minimum atomic E-state index is -0.641. The van der Waals surface area contributed by atoms with E-state index in [9.17, 15) is 9.59 Å². The molecule has 238 valence electrons. The smallest absolute Gasteiger partial charge is 0.376 e. The Kier molecular flexibility index (Phi) is 9.06.